The fourth-order valence-corrected chi connectivity index (χ4v) is 6.63. The maximum absolute atomic E-state index is 13.0. The number of nitrogens with one attached hydrogen (secondary N) is 1. The number of carbonyl (C=O) groups is 2. The van der Waals surface area contributed by atoms with Crippen LogP contribution in [0, 0.1) is 6.92 Å². The smallest absolute Gasteiger partial charge is 0.348 e. The second-order valence-electron chi connectivity index (χ2n) is 10.6. The van der Waals surface area contributed by atoms with Gasteiger partial charge >= 0.3 is 11.9 Å². The van der Waals surface area contributed by atoms with Crippen LogP contribution >= 0.6 is 23.1 Å². The molecule has 0 spiro atoms. The third-order valence-corrected chi connectivity index (χ3v) is 8.81. The number of methoxy groups -OCH3 is 1. The maximum atomic E-state index is 13.0. The van der Waals surface area contributed by atoms with Crippen molar-refractivity contribution in [3.05, 3.63) is 99.3 Å². The van der Waals surface area contributed by atoms with Gasteiger partial charge in [-0.25, -0.2) is 9.59 Å². The molecule has 2 heterocycles. The minimum absolute atomic E-state index is 0.0763. The lowest BCUT2D eigenvalue weighted by Crippen LogP contribution is -2.32. The van der Waals surface area contributed by atoms with Crippen molar-refractivity contribution in [3.8, 4) is 22.6 Å². The highest BCUT2D eigenvalue weighted by Crippen LogP contribution is 2.43. The number of ether oxygens (including phenoxy) is 3. The molecule has 8 heteroatoms. The van der Waals surface area contributed by atoms with Crippen molar-refractivity contribution >= 4 is 46.3 Å². The molecule has 1 aliphatic heterocycles. The van der Waals surface area contributed by atoms with E-state index in [1.807, 2.05) is 55.6 Å². The molecule has 42 heavy (non-hydrogen) atoms. The highest BCUT2D eigenvalue weighted by molar-refractivity contribution is 7.98. The fourth-order valence-electron chi connectivity index (χ4n) is 5.29. The van der Waals surface area contributed by atoms with Gasteiger partial charge in [-0.2, -0.15) is 0 Å². The number of rotatable bonds is 8. The lowest BCUT2D eigenvalue weighted by Gasteiger charge is -2.33. The van der Waals surface area contributed by atoms with Crippen molar-refractivity contribution in [2.75, 3.05) is 18.7 Å². The quantitative estimate of drug-likeness (QED) is 0.123. The van der Waals surface area contributed by atoms with E-state index in [2.05, 4.69) is 32.2 Å². The van der Waals surface area contributed by atoms with Crippen molar-refractivity contribution in [1.82, 2.24) is 0 Å². The number of fused-ring (bicyclic) bond motifs is 1. The Balaban J connectivity index is 1.53. The van der Waals surface area contributed by atoms with Crippen molar-refractivity contribution in [2.45, 2.75) is 44.7 Å². The summed E-state index contributed by atoms with van der Waals surface area (Å²) < 4.78 is 17.4. The van der Waals surface area contributed by atoms with Gasteiger partial charge in [0.1, 0.15) is 23.0 Å². The van der Waals surface area contributed by atoms with Crippen LogP contribution in [0.2, 0.25) is 0 Å². The van der Waals surface area contributed by atoms with Gasteiger partial charge in [0.25, 0.3) is 0 Å². The molecule has 0 bridgehead atoms. The second kappa shape index (κ2) is 12.1. The number of thiophene rings is 1. The Bertz CT molecular complexity index is 1700. The van der Waals surface area contributed by atoms with Gasteiger partial charge in [0, 0.05) is 38.2 Å². The SMILES string of the molecule is COc1cc(OC(=O)c2ccccc2SC)ccc1-c1ccc2c(c1COC(=O)c1ccc(C)s1)C(C)=CC(C)(C)N2. The topological polar surface area (TPSA) is 73.9 Å². The summed E-state index contributed by atoms with van der Waals surface area (Å²) in [5.41, 5.74) is 5.85. The van der Waals surface area contributed by atoms with Crippen LogP contribution in [0.3, 0.4) is 0 Å². The van der Waals surface area contributed by atoms with Crippen molar-refractivity contribution < 1.29 is 23.8 Å². The van der Waals surface area contributed by atoms with Crippen LogP contribution in [0.5, 0.6) is 11.5 Å². The van der Waals surface area contributed by atoms with Crippen molar-refractivity contribution in [1.29, 1.82) is 0 Å². The number of anilines is 1. The summed E-state index contributed by atoms with van der Waals surface area (Å²) in [7, 11) is 1.58. The lowest BCUT2D eigenvalue weighted by atomic mass is 9.85. The zero-order chi connectivity index (χ0) is 30.0. The number of hydrogen-bond acceptors (Lipinski definition) is 8. The van der Waals surface area contributed by atoms with E-state index in [4.69, 9.17) is 14.2 Å². The second-order valence-corrected chi connectivity index (χ2v) is 12.8. The first-order valence-electron chi connectivity index (χ1n) is 13.5. The zero-order valence-electron chi connectivity index (χ0n) is 24.5. The number of aryl methyl sites for hydroxylation is 1. The maximum Gasteiger partial charge on any atom is 0.348 e. The molecular formula is C34H33NO5S2. The van der Waals surface area contributed by atoms with E-state index in [1.165, 1.54) is 23.1 Å². The van der Waals surface area contributed by atoms with Gasteiger partial charge in [0.2, 0.25) is 0 Å². The van der Waals surface area contributed by atoms with Gasteiger partial charge in [-0.3, -0.25) is 0 Å². The highest BCUT2D eigenvalue weighted by Gasteiger charge is 2.27. The van der Waals surface area contributed by atoms with Crippen molar-refractivity contribution in [2.24, 2.45) is 0 Å². The van der Waals surface area contributed by atoms with E-state index in [0.29, 0.717) is 21.9 Å². The molecule has 0 atom stereocenters. The van der Waals surface area contributed by atoms with Gasteiger partial charge in [0.05, 0.1) is 18.2 Å². The molecule has 5 rings (SSSR count). The first-order chi connectivity index (χ1) is 20.1. The summed E-state index contributed by atoms with van der Waals surface area (Å²) in [6.45, 7) is 8.35. The molecule has 4 aromatic rings. The van der Waals surface area contributed by atoms with Gasteiger partial charge < -0.3 is 19.5 Å². The molecule has 1 N–H and O–H groups in total. The van der Waals surface area contributed by atoms with Gasteiger partial charge in [-0.15, -0.1) is 23.1 Å². The minimum atomic E-state index is -0.436. The Kier molecular flexibility index (Phi) is 8.48. The fraction of sp³-hybridized carbons (Fsp3) is 0.235. The molecule has 1 aromatic heterocycles. The summed E-state index contributed by atoms with van der Waals surface area (Å²) in [6.07, 6.45) is 4.10. The Morgan fingerprint density at radius 2 is 1.71 bits per heavy atom. The molecule has 216 valence electrons. The number of thioether (sulfide) groups is 1. The van der Waals surface area contributed by atoms with Crippen LogP contribution in [0.1, 0.15) is 56.8 Å². The molecule has 0 amide bonds. The normalized spacial score (nSPS) is 13.4. The summed E-state index contributed by atoms with van der Waals surface area (Å²) in [5, 5.41) is 3.59. The minimum Gasteiger partial charge on any atom is -0.496 e. The first-order valence-corrected chi connectivity index (χ1v) is 15.6. The summed E-state index contributed by atoms with van der Waals surface area (Å²) in [6, 6.07) is 20.4. The van der Waals surface area contributed by atoms with E-state index in [0.717, 1.165) is 43.3 Å². The van der Waals surface area contributed by atoms with Crippen molar-refractivity contribution in [3.63, 3.8) is 0 Å². The van der Waals surface area contributed by atoms with Gasteiger partial charge in [0.15, 0.2) is 0 Å². The van der Waals surface area contributed by atoms with E-state index >= 15 is 0 Å². The Morgan fingerprint density at radius 3 is 2.43 bits per heavy atom. The molecule has 6 nitrogen and oxygen atoms in total. The monoisotopic (exact) mass is 599 g/mol. The Labute approximate surface area is 254 Å². The predicted octanol–water partition coefficient (Wildman–Crippen LogP) is 8.64. The number of esters is 2. The first kappa shape index (κ1) is 29.5. The van der Waals surface area contributed by atoms with E-state index in [-0.39, 0.29) is 18.1 Å². The Hall–Kier alpha value is -4.01. The molecule has 0 saturated heterocycles. The Morgan fingerprint density at radius 1 is 0.952 bits per heavy atom. The van der Waals surface area contributed by atoms with E-state index in [1.54, 1.807) is 31.4 Å². The number of hydrogen-bond donors (Lipinski definition) is 1. The molecule has 0 radical (unpaired) electrons. The third-order valence-electron chi connectivity index (χ3n) is 7.03. The van der Waals surface area contributed by atoms with Crippen LogP contribution in [0.4, 0.5) is 5.69 Å². The summed E-state index contributed by atoms with van der Waals surface area (Å²) in [4.78, 5) is 28.4. The van der Waals surface area contributed by atoms with E-state index < -0.39 is 5.97 Å². The molecule has 0 aliphatic carbocycles. The van der Waals surface area contributed by atoms with E-state index in [9.17, 15) is 9.59 Å². The van der Waals surface area contributed by atoms with Crippen LogP contribution in [0.15, 0.2) is 77.7 Å². The van der Waals surface area contributed by atoms with Crippen LogP contribution in [-0.2, 0) is 11.3 Å². The average molecular weight is 600 g/mol. The zero-order valence-corrected chi connectivity index (χ0v) is 26.1. The molecule has 0 saturated carbocycles. The highest BCUT2D eigenvalue weighted by atomic mass is 32.2. The largest absolute Gasteiger partial charge is 0.496 e. The predicted molar refractivity (Wildman–Crippen MR) is 171 cm³/mol. The van der Waals surface area contributed by atoms with Crippen LogP contribution in [-0.4, -0.2) is 30.8 Å². The standard InChI is InChI=1S/C34H33NO5S2/c1-20-18-34(3,4)35-27-15-14-23(26(31(20)27)19-39-33(37)30-16-11-21(2)42-30)24-13-12-22(17-28(24)38-5)40-32(36)25-9-7-8-10-29(25)41-6/h7-18,35H,19H2,1-6H3. The lowest BCUT2D eigenvalue weighted by molar-refractivity contribution is 0.0478. The molecule has 1 aliphatic rings. The van der Waals surface area contributed by atoms with Gasteiger partial charge in [-0.1, -0.05) is 24.3 Å². The van der Waals surface area contributed by atoms with Gasteiger partial charge in [-0.05, 0) is 87.6 Å². The summed E-state index contributed by atoms with van der Waals surface area (Å²) >= 11 is 2.90. The number of carbonyl (C=O) groups excluding carboxylic acids is 2. The van der Waals surface area contributed by atoms with Crippen LogP contribution in [0.25, 0.3) is 16.7 Å². The molecule has 3 aromatic carbocycles. The average Bonchev–Trinajstić information content (AvgIpc) is 3.41. The summed E-state index contributed by atoms with van der Waals surface area (Å²) in [5.74, 6) is 0.108. The molecule has 0 unspecified atom stereocenters. The molecular weight excluding hydrogens is 567 g/mol. The third kappa shape index (κ3) is 6.10. The van der Waals surface area contributed by atoms with Crippen LogP contribution < -0.4 is 14.8 Å². The molecule has 0 fully saturated rings. The number of allylic oxidation sites excluding steroid dienone is 1. The number of benzene rings is 3.